The molecule has 32 heavy (non-hydrogen) atoms. The van der Waals surface area contributed by atoms with E-state index in [1.165, 1.54) is 38.8 Å². The van der Waals surface area contributed by atoms with E-state index in [9.17, 15) is 0 Å². The van der Waals surface area contributed by atoms with Gasteiger partial charge >= 0.3 is 0 Å². The van der Waals surface area contributed by atoms with E-state index in [-0.39, 0.29) is 0 Å². The van der Waals surface area contributed by atoms with Gasteiger partial charge in [0.1, 0.15) is 17.3 Å². The van der Waals surface area contributed by atoms with Gasteiger partial charge in [0.25, 0.3) is 0 Å². The van der Waals surface area contributed by atoms with Gasteiger partial charge in [-0.05, 0) is 86.7 Å². The second-order valence-corrected chi connectivity index (χ2v) is 8.51. The van der Waals surface area contributed by atoms with E-state index < -0.39 is 0 Å². The molecule has 0 aliphatic carbocycles. The maximum atomic E-state index is 5.88. The van der Waals surface area contributed by atoms with Crippen molar-refractivity contribution in [2.45, 2.75) is 32.2 Å². The lowest BCUT2D eigenvalue weighted by Gasteiger charge is -2.28. The van der Waals surface area contributed by atoms with Crippen LogP contribution in [-0.2, 0) is 6.54 Å². The van der Waals surface area contributed by atoms with E-state index in [0.717, 1.165) is 36.0 Å². The molecule has 1 N–H and O–H groups in total. The van der Waals surface area contributed by atoms with Crippen molar-refractivity contribution in [1.82, 2.24) is 9.80 Å². The predicted octanol–water partition coefficient (Wildman–Crippen LogP) is 6.15. The van der Waals surface area contributed by atoms with Crippen LogP contribution in [-0.4, -0.2) is 41.1 Å². The smallest absolute Gasteiger partial charge is 0.173 e. The third-order valence-electron chi connectivity index (χ3n) is 5.68. The fourth-order valence-corrected chi connectivity index (χ4v) is 4.17. The van der Waals surface area contributed by atoms with E-state index in [2.05, 4.69) is 15.1 Å². The fraction of sp³-hybridized carbons (Fsp3) is 0.346. The lowest BCUT2D eigenvalue weighted by atomic mass is 10.2. The van der Waals surface area contributed by atoms with Crippen molar-refractivity contribution < 1.29 is 9.15 Å². The first kappa shape index (κ1) is 22.4. The quantitative estimate of drug-likeness (QED) is 0.416. The minimum atomic E-state index is 0.655. The Kier molecular flexibility index (Phi) is 8.17. The van der Waals surface area contributed by atoms with Gasteiger partial charge in [-0.25, -0.2) is 0 Å². The topological polar surface area (TPSA) is 40.9 Å². The molecule has 0 atom stereocenters. The molecule has 1 saturated heterocycles. The van der Waals surface area contributed by atoms with Crippen molar-refractivity contribution in [3.05, 3.63) is 78.8 Å². The number of thiocarbonyl (C=S) groups is 1. The van der Waals surface area contributed by atoms with Crippen molar-refractivity contribution in [3.8, 4) is 11.5 Å². The molecule has 1 aliphatic heterocycles. The Labute approximate surface area is 196 Å². The molecule has 168 valence electrons. The molecule has 5 nitrogen and oxygen atoms in total. The molecular formula is C26H31N3O2S. The van der Waals surface area contributed by atoms with Gasteiger partial charge < -0.3 is 24.3 Å². The number of rotatable bonds is 8. The molecule has 1 aliphatic rings. The van der Waals surface area contributed by atoms with E-state index in [0.29, 0.717) is 11.7 Å². The van der Waals surface area contributed by atoms with Crippen LogP contribution in [0.15, 0.2) is 77.4 Å². The molecule has 0 amide bonds. The summed E-state index contributed by atoms with van der Waals surface area (Å²) in [5.41, 5.74) is 0.939. The third-order valence-corrected chi connectivity index (χ3v) is 6.04. The summed E-state index contributed by atoms with van der Waals surface area (Å²) in [4.78, 5) is 4.74. The third kappa shape index (κ3) is 6.84. The molecule has 3 aromatic rings. The van der Waals surface area contributed by atoms with Crippen LogP contribution in [0, 0.1) is 0 Å². The van der Waals surface area contributed by atoms with Gasteiger partial charge in [0.2, 0.25) is 0 Å². The Morgan fingerprint density at radius 1 is 0.906 bits per heavy atom. The highest BCUT2D eigenvalue weighted by Gasteiger charge is 2.15. The number of benzene rings is 2. The zero-order chi connectivity index (χ0) is 22.0. The SMILES string of the molecule is S=C(Nc1ccc(Oc2ccccc2)cc1)N(CCN1CCCCCC1)Cc1ccco1. The van der Waals surface area contributed by atoms with Gasteiger partial charge in [0.05, 0.1) is 12.8 Å². The van der Waals surface area contributed by atoms with Gasteiger partial charge in [-0.1, -0.05) is 31.0 Å². The molecule has 0 spiro atoms. The zero-order valence-electron chi connectivity index (χ0n) is 18.4. The number of para-hydroxylation sites is 1. The Morgan fingerprint density at radius 3 is 2.31 bits per heavy atom. The molecule has 4 rings (SSSR count). The van der Waals surface area contributed by atoms with E-state index in [1.54, 1.807) is 6.26 Å². The van der Waals surface area contributed by atoms with Gasteiger partial charge in [0, 0.05) is 18.8 Å². The number of nitrogens with one attached hydrogen (secondary N) is 1. The van der Waals surface area contributed by atoms with E-state index in [4.69, 9.17) is 21.4 Å². The molecule has 0 saturated carbocycles. The summed E-state index contributed by atoms with van der Waals surface area (Å²) in [6, 6.07) is 21.6. The average Bonchev–Trinajstić information content (AvgIpc) is 3.19. The summed E-state index contributed by atoms with van der Waals surface area (Å²) in [5, 5.41) is 4.09. The number of hydrogen-bond donors (Lipinski definition) is 1. The Hall–Kier alpha value is -2.83. The fourth-order valence-electron chi connectivity index (χ4n) is 3.90. The number of nitrogens with zero attached hydrogens (tertiary/aromatic N) is 2. The molecule has 2 aromatic carbocycles. The van der Waals surface area contributed by atoms with Gasteiger partial charge in [-0.2, -0.15) is 0 Å². The molecule has 6 heteroatoms. The van der Waals surface area contributed by atoms with Gasteiger partial charge in [-0.3, -0.25) is 0 Å². The van der Waals surface area contributed by atoms with Crippen LogP contribution in [0.2, 0.25) is 0 Å². The Balaban J connectivity index is 1.36. The van der Waals surface area contributed by atoms with Crippen LogP contribution in [0.4, 0.5) is 5.69 Å². The second-order valence-electron chi connectivity index (χ2n) is 8.13. The average molecular weight is 450 g/mol. The van der Waals surface area contributed by atoms with Crippen LogP contribution in [0.1, 0.15) is 31.4 Å². The van der Waals surface area contributed by atoms with Crippen molar-refractivity contribution >= 4 is 23.0 Å². The molecule has 0 bridgehead atoms. The summed E-state index contributed by atoms with van der Waals surface area (Å²) in [7, 11) is 0. The summed E-state index contributed by atoms with van der Waals surface area (Å²) in [5.74, 6) is 2.53. The molecule has 1 aromatic heterocycles. The number of hydrogen-bond acceptors (Lipinski definition) is 4. The highest BCUT2D eigenvalue weighted by molar-refractivity contribution is 7.80. The van der Waals surface area contributed by atoms with Crippen molar-refractivity contribution in [3.63, 3.8) is 0 Å². The first-order valence-corrected chi connectivity index (χ1v) is 11.8. The summed E-state index contributed by atoms with van der Waals surface area (Å²) >= 11 is 5.79. The summed E-state index contributed by atoms with van der Waals surface area (Å²) in [6.45, 7) is 4.88. The number of ether oxygens (including phenoxy) is 1. The van der Waals surface area contributed by atoms with Crippen molar-refractivity contribution in [1.29, 1.82) is 0 Å². The van der Waals surface area contributed by atoms with Gasteiger partial charge in [-0.15, -0.1) is 0 Å². The van der Waals surface area contributed by atoms with E-state index in [1.807, 2.05) is 66.7 Å². The van der Waals surface area contributed by atoms with Crippen LogP contribution >= 0.6 is 12.2 Å². The Morgan fingerprint density at radius 2 is 1.62 bits per heavy atom. The number of anilines is 1. The van der Waals surface area contributed by atoms with Crippen LogP contribution in [0.25, 0.3) is 0 Å². The van der Waals surface area contributed by atoms with Crippen molar-refractivity contribution in [2.75, 3.05) is 31.5 Å². The first-order valence-electron chi connectivity index (χ1n) is 11.4. The molecule has 2 heterocycles. The van der Waals surface area contributed by atoms with Crippen LogP contribution in [0.5, 0.6) is 11.5 Å². The summed E-state index contributed by atoms with van der Waals surface area (Å²) < 4.78 is 11.5. The normalized spacial score (nSPS) is 14.5. The molecular weight excluding hydrogens is 418 g/mol. The van der Waals surface area contributed by atoms with Crippen LogP contribution < -0.4 is 10.1 Å². The number of likely N-dealkylation sites (tertiary alicyclic amines) is 1. The second kappa shape index (κ2) is 11.7. The Bertz CT molecular complexity index is 937. The number of furan rings is 1. The highest BCUT2D eigenvalue weighted by Crippen LogP contribution is 2.23. The first-order chi connectivity index (χ1) is 15.8. The largest absolute Gasteiger partial charge is 0.467 e. The van der Waals surface area contributed by atoms with Gasteiger partial charge in [0.15, 0.2) is 5.11 Å². The molecule has 0 unspecified atom stereocenters. The van der Waals surface area contributed by atoms with E-state index >= 15 is 0 Å². The monoisotopic (exact) mass is 449 g/mol. The molecule has 1 fully saturated rings. The predicted molar refractivity (Wildman–Crippen MR) is 133 cm³/mol. The lowest BCUT2D eigenvalue weighted by Crippen LogP contribution is -2.40. The zero-order valence-corrected chi connectivity index (χ0v) is 19.2. The minimum absolute atomic E-state index is 0.655. The minimum Gasteiger partial charge on any atom is -0.467 e. The van der Waals surface area contributed by atoms with Crippen molar-refractivity contribution in [2.24, 2.45) is 0 Å². The highest BCUT2D eigenvalue weighted by atomic mass is 32.1. The summed E-state index contributed by atoms with van der Waals surface area (Å²) in [6.07, 6.45) is 6.98. The lowest BCUT2D eigenvalue weighted by molar-refractivity contribution is 0.247. The maximum Gasteiger partial charge on any atom is 0.173 e. The molecule has 0 radical (unpaired) electrons. The standard InChI is InChI=1S/C26H31N3O2S/c32-26(27-22-12-14-24(15-13-22)31-23-9-4-3-5-10-23)29(21-25-11-8-20-30-25)19-18-28-16-6-1-2-7-17-28/h3-5,8-15,20H,1-2,6-7,16-19,21H2,(H,27,32). The maximum absolute atomic E-state index is 5.88. The van der Waals surface area contributed by atoms with Crippen LogP contribution in [0.3, 0.4) is 0 Å².